The molecule has 1 atom stereocenters. The van der Waals surface area contributed by atoms with E-state index in [-0.39, 0.29) is 6.04 Å². The first-order valence-electron chi connectivity index (χ1n) is 6.85. The summed E-state index contributed by atoms with van der Waals surface area (Å²) in [5, 5.41) is 7.70. The molecule has 6 nitrogen and oxygen atoms in total. The summed E-state index contributed by atoms with van der Waals surface area (Å²) in [5.74, 6) is 1.76. The topological polar surface area (TPSA) is 60.6 Å². The van der Waals surface area contributed by atoms with E-state index in [0.717, 1.165) is 22.9 Å². The van der Waals surface area contributed by atoms with E-state index in [1.165, 1.54) is 0 Å². The Labute approximate surface area is 123 Å². The molecule has 3 aromatic rings. The van der Waals surface area contributed by atoms with Gasteiger partial charge >= 0.3 is 0 Å². The standard InChI is InChI=1S/C15H18N6/c1-11(13-9-18-20(3)10-13)19-14-5-4-6-17-15(14)21-8-7-16-12(21)2/h4-11,19H,1-3H3. The molecule has 0 aliphatic heterocycles. The van der Waals surface area contributed by atoms with E-state index >= 15 is 0 Å². The quantitative estimate of drug-likeness (QED) is 0.798. The zero-order valence-corrected chi connectivity index (χ0v) is 12.4. The number of aromatic nitrogens is 5. The molecule has 1 unspecified atom stereocenters. The summed E-state index contributed by atoms with van der Waals surface area (Å²) in [6, 6.07) is 4.09. The number of hydrogen-bond acceptors (Lipinski definition) is 4. The van der Waals surface area contributed by atoms with Crippen LogP contribution in [0.1, 0.15) is 24.4 Å². The first-order valence-corrected chi connectivity index (χ1v) is 6.85. The molecule has 0 aliphatic carbocycles. The van der Waals surface area contributed by atoms with Crippen molar-refractivity contribution < 1.29 is 0 Å². The number of anilines is 1. The second-order valence-electron chi connectivity index (χ2n) is 5.03. The summed E-state index contributed by atoms with van der Waals surface area (Å²) >= 11 is 0. The van der Waals surface area contributed by atoms with Crippen molar-refractivity contribution in [1.29, 1.82) is 0 Å². The molecular formula is C15H18N6. The highest BCUT2D eigenvalue weighted by Gasteiger charge is 2.12. The summed E-state index contributed by atoms with van der Waals surface area (Å²) in [4.78, 5) is 8.73. The molecule has 6 heteroatoms. The summed E-state index contributed by atoms with van der Waals surface area (Å²) in [6.45, 7) is 4.07. The third-order valence-corrected chi connectivity index (χ3v) is 3.44. The molecule has 0 saturated carbocycles. The van der Waals surface area contributed by atoms with E-state index in [9.17, 15) is 0 Å². The molecule has 0 spiro atoms. The van der Waals surface area contributed by atoms with E-state index in [1.54, 1.807) is 17.1 Å². The average molecular weight is 282 g/mol. The fourth-order valence-corrected chi connectivity index (χ4v) is 2.28. The fraction of sp³-hybridized carbons (Fsp3) is 0.267. The maximum Gasteiger partial charge on any atom is 0.161 e. The van der Waals surface area contributed by atoms with Crippen LogP contribution in [0.2, 0.25) is 0 Å². The maximum atomic E-state index is 4.47. The van der Waals surface area contributed by atoms with Crippen molar-refractivity contribution in [2.45, 2.75) is 19.9 Å². The van der Waals surface area contributed by atoms with Gasteiger partial charge in [0.05, 0.1) is 17.9 Å². The largest absolute Gasteiger partial charge is 0.375 e. The number of rotatable bonds is 4. The maximum absolute atomic E-state index is 4.47. The number of nitrogens with zero attached hydrogens (tertiary/aromatic N) is 5. The van der Waals surface area contributed by atoms with Crippen molar-refractivity contribution in [2.75, 3.05) is 5.32 Å². The number of pyridine rings is 1. The highest BCUT2D eigenvalue weighted by molar-refractivity contribution is 5.58. The van der Waals surface area contributed by atoms with Crippen LogP contribution in [-0.2, 0) is 7.05 Å². The lowest BCUT2D eigenvalue weighted by Crippen LogP contribution is -2.10. The molecular weight excluding hydrogens is 264 g/mol. The van der Waals surface area contributed by atoms with Crippen molar-refractivity contribution in [3.05, 3.63) is 54.5 Å². The smallest absolute Gasteiger partial charge is 0.161 e. The minimum atomic E-state index is 0.144. The van der Waals surface area contributed by atoms with Crippen molar-refractivity contribution in [1.82, 2.24) is 24.3 Å². The molecule has 3 rings (SSSR count). The first kappa shape index (κ1) is 13.4. The van der Waals surface area contributed by atoms with Gasteiger partial charge < -0.3 is 5.32 Å². The highest BCUT2D eigenvalue weighted by Crippen LogP contribution is 2.23. The Morgan fingerprint density at radius 2 is 2.10 bits per heavy atom. The molecule has 0 saturated heterocycles. The van der Waals surface area contributed by atoms with Gasteiger partial charge in [0.1, 0.15) is 5.82 Å². The molecule has 108 valence electrons. The van der Waals surface area contributed by atoms with Crippen LogP contribution in [0.4, 0.5) is 5.69 Å². The zero-order chi connectivity index (χ0) is 14.8. The van der Waals surface area contributed by atoms with Gasteiger partial charge in [0.25, 0.3) is 0 Å². The van der Waals surface area contributed by atoms with Gasteiger partial charge in [-0.05, 0) is 26.0 Å². The molecule has 21 heavy (non-hydrogen) atoms. The van der Waals surface area contributed by atoms with Crippen molar-refractivity contribution in [3.8, 4) is 5.82 Å². The van der Waals surface area contributed by atoms with Gasteiger partial charge in [0, 0.05) is 37.4 Å². The molecule has 3 heterocycles. The summed E-state index contributed by atoms with van der Waals surface area (Å²) in [7, 11) is 1.92. The Bertz CT molecular complexity index is 742. The van der Waals surface area contributed by atoms with Crippen LogP contribution in [0, 0.1) is 6.92 Å². The van der Waals surface area contributed by atoms with Crippen LogP contribution in [-0.4, -0.2) is 24.3 Å². The first-order chi connectivity index (χ1) is 10.1. The Kier molecular flexibility index (Phi) is 3.43. The summed E-state index contributed by atoms with van der Waals surface area (Å²) < 4.78 is 3.77. The van der Waals surface area contributed by atoms with E-state index in [0.29, 0.717) is 0 Å². The minimum Gasteiger partial charge on any atom is -0.375 e. The van der Waals surface area contributed by atoms with Gasteiger partial charge in [-0.2, -0.15) is 5.10 Å². The molecule has 0 fully saturated rings. The van der Waals surface area contributed by atoms with Crippen LogP contribution >= 0.6 is 0 Å². The predicted molar refractivity (Wildman–Crippen MR) is 81.3 cm³/mol. The van der Waals surface area contributed by atoms with Crippen molar-refractivity contribution >= 4 is 5.69 Å². The second-order valence-corrected chi connectivity index (χ2v) is 5.03. The van der Waals surface area contributed by atoms with Crippen LogP contribution in [0.5, 0.6) is 0 Å². The number of hydrogen-bond donors (Lipinski definition) is 1. The molecule has 3 aromatic heterocycles. The third kappa shape index (κ3) is 2.65. The van der Waals surface area contributed by atoms with Gasteiger partial charge in [0.2, 0.25) is 0 Å². The van der Waals surface area contributed by atoms with Gasteiger partial charge in [-0.3, -0.25) is 9.25 Å². The van der Waals surface area contributed by atoms with Gasteiger partial charge in [-0.15, -0.1) is 0 Å². The highest BCUT2D eigenvalue weighted by atomic mass is 15.2. The van der Waals surface area contributed by atoms with Gasteiger partial charge in [-0.25, -0.2) is 9.97 Å². The molecule has 0 radical (unpaired) electrons. The Morgan fingerprint density at radius 1 is 1.24 bits per heavy atom. The molecule has 0 aromatic carbocycles. The lowest BCUT2D eigenvalue weighted by Gasteiger charge is -2.17. The summed E-state index contributed by atoms with van der Waals surface area (Å²) in [5.41, 5.74) is 2.10. The minimum absolute atomic E-state index is 0.144. The Balaban J connectivity index is 1.91. The second kappa shape index (κ2) is 5.40. The van der Waals surface area contributed by atoms with Crippen LogP contribution in [0.15, 0.2) is 43.1 Å². The number of aryl methyl sites for hydroxylation is 2. The van der Waals surface area contributed by atoms with E-state index in [1.807, 2.05) is 49.3 Å². The monoisotopic (exact) mass is 282 g/mol. The van der Waals surface area contributed by atoms with Crippen LogP contribution in [0.3, 0.4) is 0 Å². The van der Waals surface area contributed by atoms with Crippen molar-refractivity contribution in [3.63, 3.8) is 0 Å². The fourth-order valence-electron chi connectivity index (χ4n) is 2.28. The lowest BCUT2D eigenvalue weighted by atomic mass is 10.2. The Morgan fingerprint density at radius 3 is 2.76 bits per heavy atom. The SMILES string of the molecule is Cc1nccn1-c1ncccc1NC(C)c1cnn(C)c1. The van der Waals surface area contributed by atoms with E-state index in [4.69, 9.17) is 0 Å². The normalized spacial score (nSPS) is 12.3. The van der Waals surface area contributed by atoms with E-state index < -0.39 is 0 Å². The molecule has 0 amide bonds. The van der Waals surface area contributed by atoms with Crippen LogP contribution in [0.25, 0.3) is 5.82 Å². The molecule has 1 N–H and O–H groups in total. The third-order valence-electron chi connectivity index (χ3n) is 3.44. The number of nitrogens with one attached hydrogen (secondary N) is 1. The van der Waals surface area contributed by atoms with Crippen LogP contribution < -0.4 is 5.32 Å². The average Bonchev–Trinajstić information content (AvgIpc) is 3.08. The zero-order valence-electron chi connectivity index (χ0n) is 12.4. The predicted octanol–water partition coefficient (Wildman–Crippen LogP) is 2.48. The number of imidazole rings is 1. The molecule has 0 aliphatic rings. The van der Waals surface area contributed by atoms with E-state index in [2.05, 4.69) is 27.3 Å². The van der Waals surface area contributed by atoms with Crippen molar-refractivity contribution in [2.24, 2.45) is 7.05 Å². The van der Waals surface area contributed by atoms with Gasteiger partial charge in [-0.1, -0.05) is 0 Å². The lowest BCUT2D eigenvalue weighted by molar-refractivity contribution is 0.765. The molecule has 0 bridgehead atoms. The Hall–Kier alpha value is -2.63. The summed E-state index contributed by atoms with van der Waals surface area (Å²) in [6.07, 6.45) is 9.36. The van der Waals surface area contributed by atoms with Gasteiger partial charge in [0.15, 0.2) is 5.82 Å².